The van der Waals surface area contributed by atoms with E-state index in [-0.39, 0.29) is 18.3 Å². The molecule has 20 heavy (non-hydrogen) atoms. The number of nitrogens with one attached hydrogen (secondary N) is 1. The van der Waals surface area contributed by atoms with Crippen LogP contribution in [-0.2, 0) is 17.5 Å². The summed E-state index contributed by atoms with van der Waals surface area (Å²) in [6.07, 6.45) is -3.58. The van der Waals surface area contributed by atoms with E-state index in [1.54, 1.807) is 13.1 Å². The van der Waals surface area contributed by atoms with Crippen LogP contribution in [0.3, 0.4) is 0 Å². The van der Waals surface area contributed by atoms with Gasteiger partial charge in [0.05, 0.1) is 18.8 Å². The van der Waals surface area contributed by atoms with Crippen molar-refractivity contribution < 1.29 is 22.6 Å². The van der Waals surface area contributed by atoms with Gasteiger partial charge in [0.2, 0.25) is 0 Å². The standard InChI is InChI=1S/C14H18F3NO2/c1-18-7-10-2-3-13(12(6-10)14(15,16)17)20-9-11-4-5-19-8-11/h2-3,6,11,18H,4-5,7-9H2,1H3. The van der Waals surface area contributed by atoms with Gasteiger partial charge in [-0.05, 0) is 31.2 Å². The third-order valence-corrected chi connectivity index (χ3v) is 3.23. The van der Waals surface area contributed by atoms with Crippen molar-refractivity contribution in [2.24, 2.45) is 5.92 Å². The van der Waals surface area contributed by atoms with Gasteiger partial charge in [0, 0.05) is 19.1 Å². The van der Waals surface area contributed by atoms with Crippen molar-refractivity contribution in [1.29, 1.82) is 0 Å². The normalized spacial score (nSPS) is 19.3. The van der Waals surface area contributed by atoms with Gasteiger partial charge in [0.1, 0.15) is 5.75 Å². The summed E-state index contributed by atoms with van der Waals surface area (Å²) in [5, 5.41) is 2.83. The van der Waals surface area contributed by atoms with Crippen LogP contribution in [0.25, 0.3) is 0 Å². The van der Waals surface area contributed by atoms with E-state index in [9.17, 15) is 13.2 Å². The van der Waals surface area contributed by atoms with Crippen LogP contribution < -0.4 is 10.1 Å². The Labute approximate surface area is 116 Å². The molecule has 0 radical (unpaired) electrons. The highest BCUT2D eigenvalue weighted by Crippen LogP contribution is 2.37. The number of rotatable bonds is 5. The van der Waals surface area contributed by atoms with Crippen LogP contribution in [0, 0.1) is 5.92 Å². The topological polar surface area (TPSA) is 30.5 Å². The van der Waals surface area contributed by atoms with Crippen LogP contribution >= 0.6 is 0 Å². The molecule has 1 fully saturated rings. The minimum atomic E-state index is -4.41. The molecule has 1 N–H and O–H groups in total. The molecule has 0 spiro atoms. The van der Waals surface area contributed by atoms with E-state index in [0.29, 0.717) is 25.3 Å². The summed E-state index contributed by atoms with van der Waals surface area (Å²) in [4.78, 5) is 0. The molecular weight excluding hydrogens is 271 g/mol. The van der Waals surface area contributed by atoms with E-state index >= 15 is 0 Å². The molecule has 3 nitrogen and oxygen atoms in total. The SMILES string of the molecule is CNCc1ccc(OCC2CCOC2)c(C(F)(F)F)c1. The van der Waals surface area contributed by atoms with Gasteiger partial charge < -0.3 is 14.8 Å². The highest BCUT2D eigenvalue weighted by molar-refractivity contribution is 5.39. The molecule has 0 saturated carbocycles. The zero-order valence-corrected chi connectivity index (χ0v) is 11.3. The Morgan fingerprint density at radius 3 is 2.80 bits per heavy atom. The first kappa shape index (κ1) is 15.1. The quantitative estimate of drug-likeness (QED) is 0.904. The predicted octanol–water partition coefficient (Wildman–Crippen LogP) is 2.84. The molecule has 6 heteroatoms. The van der Waals surface area contributed by atoms with Crippen molar-refractivity contribution in [2.75, 3.05) is 26.9 Å². The second-order valence-electron chi connectivity index (χ2n) is 4.90. The number of hydrogen-bond acceptors (Lipinski definition) is 3. The zero-order valence-electron chi connectivity index (χ0n) is 11.3. The number of ether oxygens (including phenoxy) is 2. The van der Waals surface area contributed by atoms with Crippen molar-refractivity contribution in [3.05, 3.63) is 29.3 Å². The molecule has 1 aromatic carbocycles. The monoisotopic (exact) mass is 289 g/mol. The molecule has 1 aliphatic rings. The summed E-state index contributed by atoms with van der Waals surface area (Å²) in [5.74, 6) is 0.0670. The van der Waals surface area contributed by atoms with Crippen LogP contribution in [0.15, 0.2) is 18.2 Å². The van der Waals surface area contributed by atoms with Crippen LogP contribution in [0.4, 0.5) is 13.2 Å². The molecular formula is C14H18F3NO2. The minimum Gasteiger partial charge on any atom is -0.493 e. The average molecular weight is 289 g/mol. The third kappa shape index (κ3) is 3.86. The van der Waals surface area contributed by atoms with Gasteiger partial charge in [-0.15, -0.1) is 0 Å². The van der Waals surface area contributed by atoms with Gasteiger partial charge in [-0.1, -0.05) is 6.07 Å². The smallest absolute Gasteiger partial charge is 0.419 e. The number of benzene rings is 1. The molecule has 0 bridgehead atoms. The molecule has 1 aliphatic heterocycles. The van der Waals surface area contributed by atoms with Crippen LogP contribution in [0.1, 0.15) is 17.5 Å². The average Bonchev–Trinajstić information content (AvgIpc) is 2.89. The van der Waals surface area contributed by atoms with E-state index in [0.717, 1.165) is 12.5 Å². The fourth-order valence-electron chi connectivity index (χ4n) is 2.16. The van der Waals surface area contributed by atoms with Gasteiger partial charge in [0.15, 0.2) is 0 Å². The van der Waals surface area contributed by atoms with E-state index in [1.807, 2.05) is 0 Å². The summed E-state index contributed by atoms with van der Waals surface area (Å²) in [7, 11) is 1.69. The first-order valence-corrected chi connectivity index (χ1v) is 6.56. The van der Waals surface area contributed by atoms with Crippen molar-refractivity contribution in [3.8, 4) is 5.75 Å². The number of alkyl halides is 3. The van der Waals surface area contributed by atoms with Gasteiger partial charge in [-0.3, -0.25) is 0 Å². The Balaban J connectivity index is 2.13. The molecule has 1 atom stereocenters. The lowest BCUT2D eigenvalue weighted by atomic mass is 10.1. The lowest BCUT2D eigenvalue weighted by Crippen LogP contribution is -2.16. The second kappa shape index (κ2) is 6.45. The fraction of sp³-hybridized carbons (Fsp3) is 0.571. The summed E-state index contributed by atoms with van der Waals surface area (Å²) >= 11 is 0. The van der Waals surface area contributed by atoms with Gasteiger partial charge >= 0.3 is 6.18 Å². The third-order valence-electron chi connectivity index (χ3n) is 3.23. The van der Waals surface area contributed by atoms with E-state index < -0.39 is 11.7 Å². The highest BCUT2D eigenvalue weighted by Gasteiger charge is 2.35. The molecule has 1 unspecified atom stereocenters. The fourth-order valence-corrected chi connectivity index (χ4v) is 2.16. The van der Waals surface area contributed by atoms with Crippen molar-refractivity contribution in [2.45, 2.75) is 19.1 Å². The molecule has 1 heterocycles. The molecule has 0 aliphatic carbocycles. The molecule has 1 aromatic rings. The molecule has 1 saturated heterocycles. The Bertz CT molecular complexity index is 443. The number of halogens is 3. The zero-order chi connectivity index (χ0) is 14.6. The van der Waals surface area contributed by atoms with Gasteiger partial charge in [-0.2, -0.15) is 13.2 Å². The lowest BCUT2D eigenvalue weighted by Gasteiger charge is -2.17. The lowest BCUT2D eigenvalue weighted by molar-refractivity contribution is -0.139. The Kier molecular flexibility index (Phi) is 4.88. The summed E-state index contributed by atoms with van der Waals surface area (Å²) in [5.41, 5.74) is -0.138. The largest absolute Gasteiger partial charge is 0.493 e. The van der Waals surface area contributed by atoms with E-state index in [4.69, 9.17) is 9.47 Å². The maximum atomic E-state index is 13.0. The minimum absolute atomic E-state index is 0.107. The Morgan fingerprint density at radius 1 is 1.40 bits per heavy atom. The predicted molar refractivity (Wildman–Crippen MR) is 68.6 cm³/mol. The van der Waals surface area contributed by atoms with Gasteiger partial charge in [0.25, 0.3) is 0 Å². The Morgan fingerprint density at radius 2 is 2.20 bits per heavy atom. The van der Waals surface area contributed by atoms with E-state index in [1.165, 1.54) is 6.07 Å². The summed E-state index contributed by atoms with van der Waals surface area (Å²) < 4.78 is 49.7. The second-order valence-corrected chi connectivity index (χ2v) is 4.90. The molecule has 2 rings (SSSR count). The maximum Gasteiger partial charge on any atom is 0.419 e. The maximum absolute atomic E-state index is 13.0. The number of hydrogen-bond donors (Lipinski definition) is 1. The molecule has 112 valence electrons. The van der Waals surface area contributed by atoms with Crippen LogP contribution in [0.5, 0.6) is 5.75 Å². The summed E-state index contributed by atoms with van der Waals surface area (Å²) in [6.45, 7) is 1.86. The van der Waals surface area contributed by atoms with E-state index in [2.05, 4.69) is 5.32 Å². The van der Waals surface area contributed by atoms with Crippen molar-refractivity contribution in [1.82, 2.24) is 5.32 Å². The first-order valence-electron chi connectivity index (χ1n) is 6.56. The summed E-state index contributed by atoms with van der Waals surface area (Å²) in [6, 6.07) is 4.18. The van der Waals surface area contributed by atoms with Crippen LogP contribution in [0.2, 0.25) is 0 Å². The molecule has 0 aromatic heterocycles. The van der Waals surface area contributed by atoms with Gasteiger partial charge in [-0.25, -0.2) is 0 Å². The van der Waals surface area contributed by atoms with Crippen molar-refractivity contribution >= 4 is 0 Å². The van der Waals surface area contributed by atoms with Crippen LogP contribution in [-0.4, -0.2) is 26.9 Å². The van der Waals surface area contributed by atoms with Crippen molar-refractivity contribution in [3.63, 3.8) is 0 Å². The first-order chi connectivity index (χ1) is 9.50. The molecule has 0 amide bonds. The highest BCUT2D eigenvalue weighted by atomic mass is 19.4. The Hall–Kier alpha value is -1.27.